The topological polar surface area (TPSA) is 100 Å². The van der Waals surface area contributed by atoms with Gasteiger partial charge in [-0.05, 0) is 42.3 Å². The van der Waals surface area contributed by atoms with Gasteiger partial charge in [-0.1, -0.05) is 72.3 Å². The molecule has 1 aliphatic rings. The van der Waals surface area contributed by atoms with Gasteiger partial charge in [-0.2, -0.15) is 18.5 Å². The van der Waals surface area contributed by atoms with Gasteiger partial charge in [0.05, 0.1) is 23.0 Å². The fourth-order valence-corrected chi connectivity index (χ4v) is 4.57. The van der Waals surface area contributed by atoms with Gasteiger partial charge < -0.3 is 5.73 Å². The molecule has 33 heavy (non-hydrogen) atoms. The van der Waals surface area contributed by atoms with Crippen molar-refractivity contribution in [2.45, 2.75) is 17.7 Å². The lowest BCUT2D eigenvalue weighted by molar-refractivity contribution is 0.470. The van der Waals surface area contributed by atoms with Crippen molar-refractivity contribution in [1.29, 1.82) is 0 Å². The van der Waals surface area contributed by atoms with Crippen molar-refractivity contribution in [1.82, 2.24) is 5.01 Å². The Kier molecular flexibility index (Phi) is 6.57. The number of benzene rings is 3. The summed E-state index contributed by atoms with van der Waals surface area (Å²) in [5, 5.41) is 6.83. The highest BCUT2D eigenvalue weighted by Crippen LogP contribution is 2.30. The predicted octanol–water partition coefficient (Wildman–Crippen LogP) is 4.27. The Balaban J connectivity index is 1.80. The molecule has 1 atom stereocenters. The summed E-state index contributed by atoms with van der Waals surface area (Å²) in [7, 11) is -4.02. The molecule has 1 heterocycles. The number of nitrogens with two attached hydrogens (primary N) is 1. The summed E-state index contributed by atoms with van der Waals surface area (Å²) in [5.41, 5.74) is 8.47. The molecular weight excluding hydrogens is 458 g/mol. The molecule has 168 valence electrons. The molecule has 9 heteroatoms. The van der Waals surface area contributed by atoms with Gasteiger partial charge in [0.1, 0.15) is 0 Å². The molecule has 1 aliphatic heterocycles. The molecule has 0 saturated heterocycles. The molecule has 0 radical (unpaired) electrons. The van der Waals surface area contributed by atoms with Crippen molar-refractivity contribution < 1.29 is 8.42 Å². The molecule has 3 aromatic rings. The lowest BCUT2D eigenvalue weighted by Gasteiger charge is -2.16. The van der Waals surface area contributed by atoms with Gasteiger partial charge in [0.2, 0.25) is 0 Å². The molecule has 0 spiro atoms. The Labute approximate surface area is 198 Å². The molecule has 0 saturated carbocycles. The van der Waals surface area contributed by atoms with Gasteiger partial charge in [-0.15, -0.1) is 4.40 Å². The molecule has 1 unspecified atom stereocenters. The number of sulfonamides is 1. The number of hydrogen-bond acceptors (Lipinski definition) is 3. The van der Waals surface area contributed by atoms with E-state index in [1.165, 1.54) is 17.1 Å². The number of hydrogen-bond donors (Lipinski definition) is 1. The first-order valence-corrected chi connectivity index (χ1v) is 12.0. The van der Waals surface area contributed by atoms with Gasteiger partial charge >= 0.3 is 0 Å². The van der Waals surface area contributed by atoms with Gasteiger partial charge in [-0.3, -0.25) is 0 Å². The van der Waals surface area contributed by atoms with E-state index in [0.29, 0.717) is 11.6 Å². The van der Waals surface area contributed by atoms with E-state index >= 15 is 0 Å². The molecule has 0 aromatic heterocycles. The smallest absolute Gasteiger partial charge is 0.285 e. The van der Waals surface area contributed by atoms with Gasteiger partial charge in [0.25, 0.3) is 16.0 Å². The molecular formula is C24H22ClN5O2S. The second-order valence-corrected chi connectivity index (χ2v) is 9.51. The van der Waals surface area contributed by atoms with E-state index in [-0.39, 0.29) is 22.6 Å². The molecule has 0 aliphatic carbocycles. The number of guanidine groups is 1. The zero-order chi connectivity index (χ0) is 23.4. The minimum Gasteiger partial charge on any atom is -0.387 e. The van der Waals surface area contributed by atoms with Crippen molar-refractivity contribution >= 4 is 39.1 Å². The van der Waals surface area contributed by atoms with Gasteiger partial charge in [0, 0.05) is 10.9 Å². The minimum atomic E-state index is -4.02. The van der Waals surface area contributed by atoms with Crippen LogP contribution in [0.25, 0.3) is 0 Å². The second-order valence-electron chi connectivity index (χ2n) is 7.47. The first-order chi connectivity index (χ1) is 15.8. The average Bonchev–Trinajstić information content (AvgIpc) is 3.25. The maximum Gasteiger partial charge on any atom is 0.285 e. The third-order valence-electron chi connectivity index (χ3n) is 5.01. The monoisotopic (exact) mass is 479 g/mol. The zero-order valence-corrected chi connectivity index (χ0v) is 19.4. The maximum absolute atomic E-state index is 12.9. The summed E-state index contributed by atoms with van der Waals surface area (Å²) < 4.78 is 29.9. The largest absolute Gasteiger partial charge is 0.387 e. The number of halogens is 1. The summed E-state index contributed by atoms with van der Waals surface area (Å²) in [6, 6.07) is 25.2. The molecule has 0 bridgehead atoms. The highest BCUT2D eigenvalue weighted by atomic mass is 35.5. The van der Waals surface area contributed by atoms with Crippen LogP contribution in [0.2, 0.25) is 5.02 Å². The first-order valence-electron chi connectivity index (χ1n) is 10.2. The van der Waals surface area contributed by atoms with Gasteiger partial charge in [0.15, 0.2) is 0 Å². The summed E-state index contributed by atoms with van der Waals surface area (Å²) >= 11 is 6.07. The summed E-state index contributed by atoms with van der Waals surface area (Å²) in [6.45, 7) is 1.92. The van der Waals surface area contributed by atoms with Crippen LogP contribution in [0.5, 0.6) is 0 Å². The quantitative estimate of drug-likeness (QED) is 0.446. The Morgan fingerprint density at radius 2 is 1.61 bits per heavy atom. The maximum atomic E-state index is 12.9. The third kappa shape index (κ3) is 5.30. The summed E-state index contributed by atoms with van der Waals surface area (Å²) in [4.78, 5) is 4.27. The number of nitrogens with zero attached hydrogens (tertiary/aromatic N) is 4. The van der Waals surface area contributed by atoms with Crippen LogP contribution in [0, 0.1) is 0 Å². The highest BCUT2D eigenvalue weighted by Gasteiger charge is 2.32. The number of aliphatic imine (C=N–C) groups is 1. The van der Waals surface area contributed by atoms with Crippen LogP contribution in [-0.4, -0.2) is 37.5 Å². The van der Waals surface area contributed by atoms with Crippen molar-refractivity contribution in [3.63, 3.8) is 0 Å². The van der Waals surface area contributed by atoms with E-state index in [0.717, 1.165) is 16.8 Å². The third-order valence-corrected chi connectivity index (χ3v) is 6.53. The van der Waals surface area contributed by atoms with E-state index < -0.39 is 10.0 Å². The minimum absolute atomic E-state index is 0.0630. The Morgan fingerprint density at radius 1 is 1.00 bits per heavy atom. The van der Waals surface area contributed by atoms with Crippen LogP contribution in [-0.2, 0) is 10.0 Å². The van der Waals surface area contributed by atoms with Gasteiger partial charge in [-0.25, -0.2) is 5.01 Å². The lowest BCUT2D eigenvalue weighted by atomic mass is 9.91. The van der Waals surface area contributed by atoms with E-state index in [2.05, 4.69) is 9.39 Å². The van der Waals surface area contributed by atoms with Crippen LogP contribution in [0.4, 0.5) is 0 Å². The van der Waals surface area contributed by atoms with Crippen LogP contribution >= 0.6 is 11.6 Å². The molecule has 4 rings (SSSR count). The molecule has 7 nitrogen and oxygen atoms in total. The van der Waals surface area contributed by atoms with Crippen LogP contribution in [0.1, 0.15) is 24.0 Å². The fourth-order valence-electron chi connectivity index (χ4n) is 3.49. The van der Waals surface area contributed by atoms with Crippen LogP contribution in [0.3, 0.4) is 0 Å². The van der Waals surface area contributed by atoms with Crippen molar-refractivity contribution in [2.24, 2.45) is 20.2 Å². The van der Waals surface area contributed by atoms with Crippen molar-refractivity contribution in [3.05, 3.63) is 101 Å². The van der Waals surface area contributed by atoms with E-state index in [4.69, 9.17) is 22.4 Å². The molecule has 3 aromatic carbocycles. The van der Waals surface area contributed by atoms with Crippen molar-refractivity contribution in [3.8, 4) is 0 Å². The number of amidine groups is 1. The van der Waals surface area contributed by atoms with E-state index in [1.807, 2.05) is 42.5 Å². The average molecular weight is 480 g/mol. The molecule has 0 amide bonds. The zero-order valence-electron chi connectivity index (χ0n) is 17.8. The predicted molar refractivity (Wildman–Crippen MR) is 132 cm³/mol. The Bertz CT molecular complexity index is 1320. The molecule has 2 N–H and O–H groups in total. The summed E-state index contributed by atoms with van der Waals surface area (Å²) in [6.07, 6.45) is 0. The second kappa shape index (κ2) is 9.56. The SMILES string of the molecule is CC(N)=NC(=NS(=O)(=O)c1ccccc1)N1CC(c2ccccc2)C(c2ccc(Cl)cc2)=N1. The Hall–Kier alpha value is -3.49. The van der Waals surface area contributed by atoms with E-state index in [1.54, 1.807) is 37.3 Å². The highest BCUT2D eigenvalue weighted by molar-refractivity contribution is 7.90. The number of hydrazone groups is 1. The summed E-state index contributed by atoms with van der Waals surface area (Å²) in [5.74, 6) is -0.0579. The van der Waals surface area contributed by atoms with Crippen LogP contribution in [0.15, 0.2) is 104 Å². The first kappa shape index (κ1) is 22.7. The van der Waals surface area contributed by atoms with E-state index in [9.17, 15) is 8.42 Å². The van der Waals surface area contributed by atoms with Crippen molar-refractivity contribution in [2.75, 3.05) is 6.54 Å². The normalized spacial score (nSPS) is 17.2. The standard InChI is InChI=1S/C24H22ClN5O2S/c1-17(26)27-24(29-33(31,32)21-10-6-3-7-11-21)30-16-22(18-8-4-2-5-9-18)23(28-30)19-12-14-20(25)15-13-19/h2-15,22H,16H2,1H3,(H2,26,27,29). The fraction of sp³-hybridized carbons (Fsp3) is 0.125. The number of rotatable bonds is 4. The Morgan fingerprint density at radius 3 is 2.21 bits per heavy atom. The lowest BCUT2D eigenvalue weighted by Crippen LogP contribution is -2.27. The molecule has 0 fully saturated rings. The van der Waals surface area contributed by atoms with Crippen LogP contribution < -0.4 is 5.73 Å².